The molecule has 2 atom stereocenters. The molecule has 2 heterocycles. The van der Waals surface area contributed by atoms with E-state index in [-0.39, 0.29) is 41.9 Å². The number of nitrogens with zero attached hydrogens (tertiary/aromatic N) is 3. The maximum absolute atomic E-state index is 13.0. The summed E-state index contributed by atoms with van der Waals surface area (Å²) in [4.78, 5) is 38.7. The summed E-state index contributed by atoms with van der Waals surface area (Å²) in [7, 11) is 1.59. The van der Waals surface area contributed by atoms with Crippen LogP contribution in [0, 0.1) is 5.92 Å². The first-order chi connectivity index (χ1) is 14.5. The lowest BCUT2D eigenvalue weighted by atomic mass is 9.86. The minimum atomic E-state index is -0.616. The first-order valence-electron chi connectivity index (χ1n) is 10.6. The number of alkyl carbamates (subject to hydrolysis) is 1. The van der Waals surface area contributed by atoms with E-state index in [1.54, 1.807) is 38.8 Å². The highest BCUT2D eigenvalue weighted by atomic mass is 35.5. The molecule has 1 aromatic heterocycles. The maximum atomic E-state index is 13.0. The van der Waals surface area contributed by atoms with Crippen LogP contribution < -0.4 is 16.2 Å². The van der Waals surface area contributed by atoms with E-state index in [1.807, 2.05) is 6.92 Å². The van der Waals surface area contributed by atoms with Gasteiger partial charge >= 0.3 is 6.09 Å². The van der Waals surface area contributed by atoms with Crippen LogP contribution in [0.3, 0.4) is 0 Å². The van der Waals surface area contributed by atoms with Crippen LogP contribution in [0.4, 0.5) is 4.79 Å². The number of carbonyl (C=O) groups excluding carboxylic acids is 2. The van der Waals surface area contributed by atoms with Crippen molar-refractivity contribution in [3.8, 4) is 0 Å². The molecule has 0 bridgehead atoms. The normalized spacial score (nSPS) is 17.0. The predicted molar refractivity (Wildman–Crippen MR) is 119 cm³/mol. The van der Waals surface area contributed by atoms with E-state index in [4.69, 9.17) is 16.3 Å². The molecule has 0 radical (unpaired) electrons. The molecule has 1 fully saturated rings. The molecule has 1 aliphatic heterocycles. The molecule has 174 valence electrons. The van der Waals surface area contributed by atoms with Gasteiger partial charge in [-0.2, -0.15) is 5.10 Å². The van der Waals surface area contributed by atoms with Gasteiger partial charge in [0.05, 0.1) is 11.7 Å². The van der Waals surface area contributed by atoms with Crippen LogP contribution in [0.1, 0.15) is 52.3 Å². The number of aromatic nitrogens is 2. The summed E-state index contributed by atoms with van der Waals surface area (Å²) >= 11 is 5.98. The number of aryl methyl sites for hydroxylation is 1. The van der Waals surface area contributed by atoms with Crippen LogP contribution in [0.25, 0.3) is 0 Å². The Hall–Kier alpha value is -2.13. The number of piperidine rings is 1. The Morgan fingerprint density at radius 1 is 1.35 bits per heavy atom. The molecule has 1 aromatic rings. The van der Waals surface area contributed by atoms with Gasteiger partial charge in [-0.25, -0.2) is 9.48 Å². The van der Waals surface area contributed by atoms with Crippen molar-refractivity contribution in [1.29, 1.82) is 0 Å². The SMILES string of the molecule is CC(CNC(=O)OC(C)(C)C)N(C(=O)CCl)C(c1ccc(=O)n(C)n1)C1CCNCC1. The zero-order chi connectivity index (χ0) is 23.2. The van der Waals surface area contributed by atoms with Crippen molar-refractivity contribution in [2.75, 3.05) is 25.5 Å². The molecule has 2 rings (SSSR count). The smallest absolute Gasteiger partial charge is 0.407 e. The van der Waals surface area contributed by atoms with Crippen molar-refractivity contribution >= 4 is 23.6 Å². The van der Waals surface area contributed by atoms with Gasteiger partial charge in [0.15, 0.2) is 0 Å². The number of amides is 2. The van der Waals surface area contributed by atoms with E-state index in [9.17, 15) is 14.4 Å². The number of nitrogens with one attached hydrogen (secondary N) is 2. The Kier molecular flexibility index (Phi) is 8.88. The van der Waals surface area contributed by atoms with Crippen LogP contribution in [0.2, 0.25) is 0 Å². The molecule has 0 aliphatic carbocycles. The minimum absolute atomic E-state index is 0.141. The van der Waals surface area contributed by atoms with Gasteiger partial charge in [-0.05, 0) is 65.6 Å². The fraction of sp³-hybridized carbons (Fsp3) is 0.714. The second-order valence-corrected chi connectivity index (χ2v) is 9.19. The van der Waals surface area contributed by atoms with Crippen molar-refractivity contribution < 1.29 is 14.3 Å². The summed E-state index contributed by atoms with van der Waals surface area (Å²) in [6.45, 7) is 9.09. The summed E-state index contributed by atoms with van der Waals surface area (Å²) in [5.41, 5.74) is -0.200. The van der Waals surface area contributed by atoms with Crippen molar-refractivity contribution in [2.45, 2.75) is 58.2 Å². The fourth-order valence-corrected chi connectivity index (χ4v) is 3.97. The number of halogens is 1. The van der Waals surface area contributed by atoms with Crippen molar-refractivity contribution in [3.63, 3.8) is 0 Å². The van der Waals surface area contributed by atoms with Crippen LogP contribution in [-0.4, -0.2) is 63.8 Å². The summed E-state index contributed by atoms with van der Waals surface area (Å²) in [6, 6.07) is 2.41. The van der Waals surface area contributed by atoms with Crippen molar-refractivity contribution in [1.82, 2.24) is 25.3 Å². The third-order valence-corrected chi connectivity index (χ3v) is 5.46. The summed E-state index contributed by atoms with van der Waals surface area (Å²) < 4.78 is 6.58. The quantitative estimate of drug-likeness (QED) is 0.607. The van der Waals surface area contributed by atoms with Crippen LogP contribution >= 0.6 is 11.6 Å². The zero-order valence-electron chi connectivity index (χ0n) is 19.0. The van der Waals surface area contributed by atoms with Gasteiger partial charge in [-0.15, -0.1) is 11.6 Å². The minimum Gasteiger partial charge on any atom is -0.444 e. The number of hydrogen-bond acceptors (Lipinski definition) is 6. The monoisotopic (exact) mass is 455 g/mol. The van der Waals surface area contributed by atoms with Gasteiger partial charge in [0.1, 0.15) is 11.5 Å². The summed E-state index contributed by atoms with van der Waals surface area (Å²) in [5.74, 6) is -0.300. The molecule has 1 aliphatic rings. The van der Waals surface area contributed by atoms with E-state index in [2.05, 4.69) is 15.7 Å². The number of ether oxygens (including phenoxy) is 1. The number of rotatable bonds is 7. The highest BCUT2D eigenvalue weighted by molar-refractivity contribution is 6.27. The number of alkyl halides is 1. The summed E-state index contributed by atoms with van der Waals surface area (Å²) in [6.07, 6.45) is 1.16. The zero-order valence-corrected chi connectivity index (χ0v) is 19.7. The Balaban J connectivity index is 2.33. The number of carbonyl (C=O) groups is 2. The Bertz CT molecular complexity index is 817. The molecule has 10 heteroatoms. The molecule has 2 N–H and O–H groups in total. The topological polar surface area (TPSA) is 106 Å². The lowest BCUT2D eigenvalue weighted by molar-refractivity contribution is -0.135. The molecule has 2 amide bonds. The third-order valence-electron chi connectivity index (χ3n) is 5.23. The lowest BCUT2D eigenvalue weighted by Crippen LogP contribution is -2.51. The Morgan fingerprint density at radius 2 is 2.00 bits per heavy atom. The van der Waals surface area contributed by atoms with Gasteiger partial charge in [-0.1, -0.05) is 0 Å². The number of hydrogen-bond donors (Lipinski definition) is 2. The molecule has 0 saturated carbocycles. The highest BCUT2D eigenvalue weighted by Gasteiger charge is 2.37. The van der Waals surface area contributed by atoms with E-state index in [0.29, 0.717) is 5.69 Å². The molecule has 1 saturated heterocycles. The highest BCUT2D eigenvalue weighted by Crippen LogP contribution is 2.34. The molecule has 0 aromatic carbocycles. The lowest BCUT2D eigenvalue weighted by Gasteiger charge is -2.41. The molecular weight excluding hydrogens is 422 g/mol. The van der Waals surface area contributed by atoms with Gasteiger partial charge in [0.2, 0.25) is 5.91 Å². The van der Waals surface area contributed by atoms with Gasteiger partial charge in [0.25, 0.3) is 5.56 Å². The van der Waals surface area contributed by atoms with Crippen LogP contribution in [0.5, 0.6) is 0 Å². The van der Waals surface area contributed by atoms with Gasteiger partial charge < -0.3 is 20.3 Å². The predicted octanol–water partition coefficient (Wildman–Crippen LogP) is 1.80. The molecule has 0 spiro atoms. The second kappa shape index (κ2) is 10.9. The van der Waals surface area contributed by atoms with Crippen LogP contribution in [0.15, 0.2) is 16.9 Å². The average Bonchev–Trinajstić information content (AvgIpc) is 2.71. The molecular formula is C21H34ClN5O4. The van der Waals surface area contributed by atoms with Gasteiger partial charge in [0, 0.05) is 25.7 Å². The third kappa shape index (κ3) is 7.21. The standard InChI is InChI=1S/C21H34ClN5O4/c1-14(13-24-20(30)31-21(2,3)4)27(18(29)12-22)19(15-8-10-23-11-9-15)16-6-7-17(28)26(5)25-16/h6-7,14-15,19,23H,8-13H2,1-5H3,(H,24,30). The van der Waals surface area contributed by atoms with Crippen LogP contribution in [-0.2, 0) is 16.6 Å². The van der Waals surface area contributed by atoms with E-state index in [1.165, 1.54) is 10.7 Å². The average molecular weight is 456 g/mol. The van der Waals surface area contributed by atoms with E-state index < -0.39 is 11.7 Å². The Labute approximate surface area is 188 Å². The van der Waals surface area contributed by atoms with Crippen molar-refractivity contribution in [2.24, 2.45) is 13.0 Å². The maximum Gasteiger partial charge on any atom is 0.407 e. The molecule has 2 unspecified atom stereocenters. The van der Waals surface area contributed by atoms with Gasteiger partial charge in [-0.3, -0.25) is 9.59 Å². The van der Waals surface area contributed by atoms with Crippen molar-refractivity contribution in [3.05, 3.63) is 28.2 Å². The second-order valence-electron chi connectivity index (χ2n) is 8.92. The Morgan fingerprint density at radius 3 is 2.55 bits per heavy atom. The van der Waals surface area contributed by atoms with E-state index in [0.717, 1.165) is 25.9 Å². The largest absolute Gasteiger partial charge is 0.444 e. The van der Waals surface area contributed by atoms with E-state index >= 15 is 0 Å². The fourth-order valence-electron chi connectivity index (χ4n) is 3.84. The molecule has 31 heavy (non-hydrogen) atoms. The first kappa shape index (κ1) is 25.1. The molecule has 9 nitrogen and oxygen atoms in total. The summed E-state index contributed by atoms with van der Waals surface area (Å²) in [5, 5.41) is 10.5. The first-order valence-corrected chi connectivity index (χ1v) is 11.2.